The number of benzene rings is 2. The van der Waals surface area contributed by atoms with E-state index in [4.69, 9.17) is 11.6 Å². The van der Waals surface area contributed by atoms with Gasteiger partial charge in [0.15, 0.2) is 0 Å². The number of carbonyl (C=O) groups excluding carboxylic acids is 2. The van der Waals surface area contributed by atoms with Crippen LogP contribution in [0.4, 0.5) is 10.7 Å². The molecule has 2 saturated heterocycles. The Bertz CT molecular complexity index is 1490. The normalized spacial score (nSPS) is 18.2. The zero-order chi connectivity index (χ0) is 25.3. The third-order valence-corrected chi connectivity index (χ3v) is 8.72. The van der Waals surface area contributed by atoms with Crippen LogP contribution < -0.4 is 14.9 Å². The predicted molar refractivity (Wildman–Crippen MR) is 140 cm³/mol. The van der Waals surface area contributed by atoms with Crippen LogP contribution in [0, 0.1) is 5.92 Å². The lowest BCUT2D eigenvalue weighted by Gasteiger charge is -2.32. The number of imide groups is 1. The summed E-state index contributed by atoms with van der Waals surface area (Å²) in [5, 5.41) is 3.92. The van der Waals surface area contributed by atoms with Crippen LogP contribution in [0.5, 0.6) is 0 Å². The number of anilines is 1. The van der Waals surface area contributed by atoms with Crippen LogP contribution in [0.1, 0.15) is 18.5 Å². The van der Waals surface area contributed by atoms with Crippen molar-refractivity contribution in [3.05, 3.63) is 64.3 Å². The molecule has 36 heavy (non-hydrogen) atoms. The molecule has 3 aromatic rings. The second-order valence-corrected chi connectivity index (χ2v) is 11.7. The van der Waals surface area contributed by atoms with Crippen LogP contribution in [0.15, 0.2) is 58.5 Å². The van der Waals surface area contributed by atoms with E-state index in [0.29, 0.717) is 46.6 Å². The van der Waals surface area contributed by atoms with E-state index < -0.39 is 21.2 Å². The third-order valence-electron chi connectivity index (χ3n) is 6.16. The summed E-state index contributed by atoms with van der Waals surface area (Å²) in [4.78, 5) is 34.5. The fourth-order valence-electron chi connectivity index (χ4n) is 4.18. The van der Waals surface area contributed by atoms with Crippen molar-refractivity contribution in [1.82, 2.24) is 20.0 Å². The Balaban J connectivity index is 1.19. The van der Waals surface area contributed by atoms with Crippen LogP contribution in [-0.2, 0) is 14.8 Å². The minimum absolute atomic E-state index is 0.176. The van der Waals surface area contributed by atoms with E-state index in [1.54, 1.807) is 42.6 Å². The highest BCUT2D eigenvalue weighted by atomic mass is 35.5. The van der Waals surface area contributed by atoms with Gasteiger partial charge < -0.3 is 4.90 Å². The number of piperidine rings is 1. The number of nitrogens with zero attached hydrogens (tertiary/aromatic N) is 3. The molecule has 9 nitrogen and oxygen atoms in total. The molecule has 1 aromatic heterocycles. The number of amides is 2. The lowest BCUT2D eigenvalue weighted by Crippen LogP contribution is -2.39. The van der Waals surface area contributed by atoms with Gasteiger partial charge in [0.1, 0.15) is 0 Å². The molecule has 0 unspecified atom stereocenters. The van der Waals surface area contributed by atoms with E-state index >= 15 is 0 Å². The van der Waals surface area contributed by atoms with Gasteiger partial charge >= 0.3 is 0 Å². The Morgan fingerprint density at radius 2 is 1.97 bits per heavy atom. The summed E-state index contributed by atoms with van der Waals surface area (Å²) in [6.07, 6.45) is 4.72. The van der Waals surface area contributed by atoms with Gasteiger partial charge in [-0.3, -0.25) is 14.9 Å². The summed E-state index contributed by atoms with van der Waals surface area (Å²) in [6, 6.07) is 12.1. The van der Waals surface area contributed by atoms with Crippen LogP contribution in [0.3, 0.4) is 0 Å². The first-order chi connectivity index (χ1) is 17.3. The number of aromatic nitrogens is 2. The zero-order valence-corrected chi connectivity index (χ0v) is 21.4. The van der Waals surface area contributed by atoms with E-state index in [-0.39, 0.29) is 10.8 Å². The monoisotopic (exact) mass is 543 g/mol. The van der Waals surface area contributed by atoms with Crippen molar-refractivity contribution < 1.29 is 18.0 Å². The Hall–Kier alpha value is -2.99. The van der Waals surface area contributed by atoms with Crippen molar-refractivity contribution in [1.29, 1.82) is 0 Å². The largest absolute Gasteiger partial charge is 0.341 e. The minimum atomic E-state index is -3.67. The molecule has 2 aliphatic rings. The number of sulfonamides is 1. The van der Waals surface area contributed by atoms with Crippen LogP contribution in [0.2, 0.25) is 5.02 Å². The van der Waals surface area contributed by atoms with Gasteiger partial charge in [-0.15, -0.1) is 0 Å². The molecule has 0 radical (unpaired) electrons. The first-order valence-corrected chi connectivity index (χ1v) is 14.0. The van der Waals surface area contributed by atoms with E-state index in [0.717, 1.165) is 30.0 Å². The van der Waals surface area contributed by atoms with Gasteiger partial charge in [0.2, 0.25) is 16.0 Å². The lowest BCUT2D eigenvalue weighted by atomic mass is 9.97. The van der Waals surface area contributed by atoms with Crippen LogP contribution >= 0.6 is 23.4 Å². The van der Waals surface area contributed by atoms with Crippen molar-refractivity contribution in [2.75, 3.05) is 24.5 Å². The molecule has 12 heteroatoms. The molecule has 0 atom stereocenters. The highest BCUT2D eigenvalue weighted by Crippen LogP contribution is 2.28. The van der Waals surface area contributed by atoms with Crippen LogP contribution in [-0.4, -0.2) is 49.2 Å². The van der Waals surface area contributed by atoms with Crippen molar-refractivity contribution in [3.63, 3.8) is 0 Å². The summed E-state index contributed by atoms with van der Waals surface area (Å²) in [5.74, 6) is 0.279. The number of fused-ring (bicyclic) bond motifs is 1. The summed E-state index contributed by atoms with van der Waals surface area (Å²) < 4.78 is 28.5. The van der Waals surface area contributed by atoms with Gasteiger partial charge in [0.25, 0.3) is 11.1 Å². The number of nitrogens with one attached hydrogen (secondary N) is 2. The number of carbonyl (C=O) groups is 2. The molecule has 0 aliphatic carbocycles. The molecular formula is C24H22ClN5O4S2. The second kappa shape index (κ2) is 10.2. The van der Waals surface area contributed by atoms with Gasteiger partial charge in [0.05, 0.1) is 15.5 Å². The predicted octanol–water partition coefficient (Wildman–Crippen LogP) is 3.80. The van der Waals surface area contributed by atoms with Gasteiger partial charge in [-0.2, -0.15) is 0 Å². The molecule has 2 aromatic carbocycles. The molecule has 5 rings (SSSR count). The molecule has 0 saturated carbocycles. The van der Waals surface area contributed by atoms with Gasteiger partial charge in [-0.05, 0) is 66.2 Å². The van der Waals surface area contributed by atoms with E-state index in [1.807, 2.05) is 17.0 Å². The fraction of sp³-hybridized carbons (Fsp3) is 0.250. The molecule has 2 N–H and O–H groups in total. The third kappa shape index (κ3) is 5.39. The molecule has 3 heterocycles. The Morgan fingerprint density at radius 3 is 2.72 bits per heavy atom. The average molecular weight is 544 g/mol. The molecule has 2 fully saturated rings. The molecule has 2 aliphatic heterocycles. The Morgan fingerprint density at radius 1 is 1.17 bits per heavy atom. The topological polar surface area (TPSA) is 121 Å². The number of rotatable bonds is 6. The van der Waals surface area contributed by atoms with E-state index in [9.17, 15) is 18.0 Å². The van der Waals surface area contributed by atoms with E-state index in [1.165, 1.54) is 0 Å². The molecule has 2 amide bonds. The standard InChI is InChI=1S/C24H22ClN5O4S2/c25-20-3-1-2-16-4-5-18(13-19(16)20)36(33,34)27-14-15-7-10-30(11-8-15)23-26-9-6-17(28-23)12-21-22(31)29-24(32)35-21/h1-6,9,12-13,15,27H,7-8,10-11,14H2,(H,29,31,32)/b21-12-. The maximum absolute atomic E-state index is 12.9. The van der Waals surface area contributed by atoms with Gasteiger partial charge in [-0.25, -0.2) is 23.1 Å². The highest BCUT2D eigenvalue weighted by Gasteiger charge is 2.26. The van der Waals surface area contributed by atoms with Gasteiger partial charge in [-0.1, -0.05) is 29.8 Å². The smallest absolute Gasteiger partial charge is 0.290 e. The summed E-state index contributed by atoms with van der Waals surface area (Å²) in [5.41, 5.74) is 0.540. The molecular weight excluding hydrogens is 522 g/mol. The first kappa shape index (κ1) is 24.7. The molecule has 0 bridgehead atoms. The number of hydrogen-bond donors (Lipinski definition) is 2. The number of halogens is 1. The second-order valence-electron chi connectivity index (χ2n) is 8.54. The fourth-order valence-corrected chi connectivity index (χ4v) is 6.22. The first-order valence-electron chi connectivity index (χ1n) is 11.3. The quantitative estimate of drug-likeness (QED) is 0.450. The SMILES string of the molecule is O=C1NC(=O)/C(=C/c2ccnc(N3CCC(CNS(=O)(=O)c4ccc5cccc(Cl)c5c4)CC3)n2)S1. The highest BCUT2D eigenvalue weighted by molar-refractivity contribution is 8.18. The van der Waals surface area contributed by atoms with E-state index in [2.05, 4.69) is 20.0 Å². The maximum Gasteiger partial charge on any atom is 0.290 e. The van der Waals surface area contributed by atoms with Crippen molar-refractivity contribution in [3.8, 4) is 0 Å². The van der Waals surface area contributed by atoms with Crippen molar-refractivity contribution in [2.24, 2.45) is 5.92 Å². The van der Waals surface area contributed by atoms with Gasteiger partial charge in [0, 0.05) is 36.2 Å². The number of hydrogen-bond acceptors (Lipinski definition) is 8. The Labute approximate surface area is 217 Å². The maximum atomic E-state index is 12.9. The van der Waals surface area contributed by atoms with Crippen molar-refractivity contribution in [2.45, 2.75) is 17.7 Å². The summed E-state index contributed by atoms with van der Waals surface area (Å²) >= 11 is 7.08. The average Bonchev–Trinajstić information content (AvgIpc) is 3.19. The van der Waals surface area contributed by atoms with Crippen LogP contribution in [0.25, 0.3) is 16.8 Å². The summed E-state index contributed by atoms with van der Waals surface area (Å²) in [7, 11) is -3.67. The lowest BCUT2D eigenvalue weighted by molar-refractivity contribution is -0.115. The van der Waals surface area contributed by atoms with Crippen molar-refractivity contribution >= 4 is 67.3 Å². The Kier molecular flexibility index (Phi) is 6.98. The minimum Gasteiger partial charge on any atom is -0.341 e. The summed E-state index contributed by atoms with van der Waals surface area (Å²) in [6.45, 7) is 1.68. The molecule has 0 spiro atoms. The number of thioether (sulfide) groups is 1. The molecule has 186 valence electrons. The zero-order valence-electron chi connectivity index (χ0n) is 19.0.